The third-order valence-electron chi connectivity index (χ3n) is 6.63. The molecule has 1 saturated heterocycles. The van der Waals surface area contributed by atoms with E-state index in [9.17, 15) is 13.2 Å². The van der Waals surface area contributed by atoms with E-state index in [1.165, 1.54) is 5.56 Å². The molecule has 6 heteroatoms. The zero-order chi connectivity index (χ0) is 21.7. The molecule has 1 N–H and O–H groups in total. The van der Waals surface area contributed by atoms with Crippen LogP contribution in [-0.4, -0.2) is 38.3 Å². The van der Waals surface area contributed by atoms with Gasteiger partial charge in [0, 0.05) is 31.5 Å². The Morgan fingerprint density at radius 3 is 2.16 bits per heavy atom. The summed E-state index contributed by atoms with van der Waals surface area (Å²) in [7, 11) is -3.42. The van der Waals surface area contributed by atoms with E-state index in [4.69, 9.17) is 0 Å². The Morgan fingerprint density at radius 1 is 0.903 bits per heavy atom. The van der Waals surface area contributed by atoms with Gasteiger partial charge in [0.1, 0.15) is 0 Å². The van der Waals surface area contributed by atoms with Crippen LogP contribution in [0.25, 0.3) is 0 Å². The van der Waals surface area contributed by atoms with Crippen molar-refractivity contribution in [3.05, 3.63) is 65.7 Å². The van der Waals surface area contributed by atoms with Crippen LogP contribution in [0.15, 0.2) is 59.5 Å². The van der Waals surface area contributed by atoms with Crippen LogP contribution < -0.4 is 5.32 Å². The largest absolute Gasteiger partial charge is 0.355 e. The fourth-order valence-electron chi connectivity index (χ4n) is 4.38. The molecule has 2 aromatic carbocycles. The summed E-state index contributed by atoms with van der Waals surface area (Å²) in [6.07, 6.45) is 7.29. The highest BCUT2D eigenvalue weighted by Gasteiger charge is 2.44. The SMILES string of the molecule is O=C(CCc1ccc(S(=O)(=O)N2CCCCCC2)cc1)NCC1(c2ccccc2)CC1. The number of nitrogens with zero attached hydrogens (tertiary/aromatic N) is 1. The van der Waals surface area contributed by atoms with E-state index in [-0.39, 0.29) is 11.3 Å². The number of hydrogen-bond donors (Lipinski definition) is 1. The standard InChI is InChI=1S/C25H32N2O3S/c28-24(26-20-25(16-17-25)22-8-4-3-5-9-22)15-12-21-10-13-23(14-11-21)31(29,30)27-18-6-1-2-7-19-27/h3-5,8-11,13-14H,1-2,6-7,12,15-20H2,(H,26,28). The fraction of sp³-hybridized carbons (Fsp3) is 0.480. The summed E-state index contributed by atoms with van der Waals surface area (Å²) in [6.45, 7) is 1.90. The van der Waals surface area contributed by atoms with E-state index in [0.29, 0.717) is 37.4 Å². The van der Waals surface area contributed by atoms with Crippen molar-refractivity contribution in [3.8, 4) is 0 Å². The molecule has 0 atom stereocenters. The third kappa shape index (κ3) is 5.36. The van der Waals surface area contributed by atoms with Gasteiger partial charge in [-0.25, -0.2) is 8.42 Å². The minimum atomic E-state index is -3.42. The van der Waals surface area contributed by atoms with Crippen LogP contribution in [0.4, 0.5) is 0 Å². The second-order valence-corrected chi connectivity index (χ2v) is 10.8. The molecule has 2 aliphatic rings. The summed E-state index contributed by atoms with van der Waals surface area (Å²) in [5.41, 5.74) is 2.39. The molecule has 166 valence electrons. The van der Waals surface area contributed by atoms with Crippen molar-refractivity contribution in [2.24, 2.45) is 0 Å². The second-order valence-electron chi connectivity index (χ2n) is 8.89. The van der Waals surface area contributed by atoms with Gasteiger partial charge in [-0.15, -0.1) is 0 Å². The second kappa shape index (κ2) is 9.53. The van der Waals surface area contributed by atoms with Crippen LogP contribution in [0.1, 0.15) is 56.1 Å². The maximum Gasteiger partial charge on any atom is 0.243 e. The molecule has 0 aromatic heterocycles. The Hall–Kier alpha value is -2.18. The van der Waals surface area contributed by atoms with Gasteiger partial charge in [-0.2, -0.15) is 4.31 Å². The maximum absolute atomic E-state index is 12.9. The number of rotatable bonds is 8. The topological polar surface area (TPSA) is 66.5 Å². The normalized spacial score (nSPS) is 18.8. The monoisotopic (exact) mass is 440 g/mol. The molecule has 1 saturated carbocycles. The van der Waals surface area contributed by atoms with E-state index in [1.54, 1.807) is 16.4 Å². The highest BCUT2D eigenvalue weighted by atomic mass is 32.2. The Kier molecular flexibility index (Phi) is 6.77. The van der Waals surface area contributed by atoms with E-state index >= 15 is 0 Å². The van der Waals surface area contributed by atoms with E-state index in [0.717, 1.165) is 44.1 Å². The molecule has 1 aliphatic carbocycles. The highest BCUT2D eigenvalue weighted by Crippen LogP contribution is 2.47. The number of carbonyl (C=O) groups is 1. The van der Waals surface area contributed by atoms with Crippen LogP contribution in [0.2, 0.25) is 0 Å². The molecule has 31 heavy (non-hydrogen) atoms. The lowest BCUT2D eigenvalue weighted by Crippen LogP contribution is -2.32. The lowest BCUT2D eigenvalue weighted by Gasteiger charge is -2.20. The van der Waals surface area contributed by atoms with Crippen LogP contribution in [-0.2, 0) is 26.7 Å². The molecule has 1 amide bonds. The quantitative estimate of drug-likeness (QED) is 0.674. The van der Waals surface area contributed by atoms with Crippen molar-refractivity contribution in [2.75, 3.05) is 19.6 Å². The van der Waals surface area contributed by atoms with Crippen LogP contribution in [0.3, 0.4) is 0 Å². The van der Waals surface area contributed by atoms with Crippen molar-refractivity contribution < 1.29 is 13.2 Å². The minimum absolute atomic E-state index is 0.0449. The first-order valence-electron chi connectivity index (χ1n) is 11.4. The molecule has 2 fully saturated rings. The number of aryl methyl sites for hydroxylation is 1. The van der Waals surface area contributed by atoms with Crippen molar-refractivity contribution in [1.29, 1.82) is 0 Å². The average molecular weight is 441 g/mol. The highest BCUT2D eigenvalue weighted by molar-refractivity contribution is 7.89. The van der Waals surface area contributed by atoms with Crippen LogP contribution in [0.5, 0.6) is 0 Å². The van der Waals surface area contributed by atoms with Gasteiger partial charge in [-0.05, 0) is 55.4 Å². The van der Waals surface area contributed by atoms with Crippen LogP contribution >= 0.6 is 0 Å². The first kappa shape index (κ1) is 22.0. The average Bonchev–Trinajstić information content (AvgIpc) is 3.62. The van der Waals surface area contributed by atoms with Crippen molar-refractivity contribution in [2.45, 2.75) is 61.7 Å². The van der Waals surface area contributed by atoms with Gasteiger partial charge in [0.15, 0.2) is 0 Å². The molecular formula is C25H32N2O3S. The smallest absolute Gasteiger partial charge is 0.243 e. The first-order chi connectivity index (χ1) is 15.0. The summed E-state index contributed by atoms with van der Waals surface area (Å²) in [5, 5.41) is 3.10. The van der Waals surface area contributed by atoms with E-state index < -0.39 is 10.0 Å². The Balaban J connectivity index is 1.28. The summed E-state index contributed by atoms with van der Waals surface area (Å²) >= 11 is 0. The predicted octanol–water partition coefficient (Wildman–Crippen LogP) is 4.03. The molecular weight excluding hydrogens is 408 g/mol. The van der Waals surface area contributed by atoms with Gasteiger partial charge < -0.3 is 5.32 Å². The Morgan fingerprint density at radius 2 is 1.55 bits per heavy atom. The number of hydrogen-bond acceptors (Lipinski definition) is 3. The molecule has 0 unspecified atom stereocenters. The summed E-state index contributed by atoms with van der Waals surface area (Å²) in [6, 6.07) is 17.4. The first-order valence-corrected chi connectivity index (χ1v) is 12.9. The minimum Gasteiger partial charge on any atom is -0.355 e. The van der Waals surface area contributed by atoms with Gasteiger partial charge in [0.25, 0.3) is 0 Å². The summed E-state index contributed by atoms with van der Waals surface area (Å²) < 4.78 is 27.4. The Labute approximate surface area is 185 Å². The number of nitrogens with one attached hydrogen (secondary N) is 1. The van der Waals surface area contributed by atoms with Gasteiger partial charge >= 0.3 is 0 Å². The molecule has 1 aliphatic heterocycles. The number of benzene rings is 2. The maximum atomic E-state index is 12.9. The molecule has 0 bridgehead atoms. The van der Waals surface area contributed by atoms with Gasteiger partial charge in [0.05, 0.1) is 4.90 Å². The van der Waals surface area contributed by atoms with Crippen molar-refractivity contribution in [3.63, 3.8) is 0 Å². The predicted molar refractivity (Wildman–Crippen MR) is 122 cm³/mol. The fourth-order valence-corrected chi connectivity index (χ4v) is 5.90. The number of carbonyl (C=O) groups excluding carboxylic acids is 1. The van der Waals surface area contributed by atoms with Crippen molar-refractivity contribution >= 4 is 15.9 Å². The van der Waals surface area contributed by atoms with Crippen LogP contribution in [0, 0.1) is 0 Å². The zero-order valence-electron chi connectivity index (χ0n) is 18.1. The molecule has 4 rings (SSSR count). The van der Waals surface area contributed by atoms with E-state index in [2.05, 4.69) is 17.4 Å². The molecule has 2 aromatic rings. The summed E-state index contributed by atoms with van der Waals surface area (Å²) in [5.74, 6) is 0.0449. The summed E-state index contributed by atoms with van der Waals surface area (Å²) in [4.78, 5) is 12.7. The van der Waals surface area contributed by atoms with Gasteiger partial charge in [0.2, 0.25) is 15.9 Å². The zero-order valence-corrected chi connectivity index (χ0v) is 18.9. The van der Waals surface area contributed by atoms with Crippen molar-refractivity contribution in [1.82, 2.24) is 9.62 Å². The number of sulfonamides is 1. The van der Waals surface area contributed by atoms with Gasteiger partial charge in [-0.1, -0.05) is 55.3 Å². The molecule has 1 heterocycles. The third-order valence-corrected chi connectivity index (χ3v) is 8.54. The lowest BCUT2D eigenvalue weighted by atomic mass is 9.96. The van der Waals surface area contributed by atoms with Gasteiger partial charge in [-0.3, -0.25) is 4.79 Å². The number of amides is 1. The molecule has 0 spiro atoms. The lowest BCUT2D eigenvalue weighted by molar-refractivity contribution is -0.121. The Bertz CT molecular complexity index is 975. The molecule has 5 nitrogen and oxygen atoms in total. The molecule has 0 radical (unpaired) electrons. The van der Waals surface area contributed by atoms with E-state index in [1.807, 2.05) is 30.3 Å².